The lowest BCUT2D eigenvalue weighted by atomic mass is 9.97. The number of thioether (sulfide) groups is 1. The molecule has 3 rings (SSSR count). The molecule has 2 aromatic carbocycles. The van der Waals surface area contributed by atoms with Crippen molar-refractivity contribution in [3.63, 3.8) is 0 Å². The molecule has 178 valence electrons. The van der Waals surface area contributed by atoms with Crippen LogP contribution < -0.4 is 10.1 Å². The van der Waals surface area contributed by atoms with Crippen LogP contribution in [0, 0.1) is 23.0 Å². The van der Waals surface area contributed by atoms with Crippen molar-refractivity contribution in [2.24, 2.45) is 5.11 Å². The number of rotatable bonds is 8. The molecule has 0 spiro atoms. The Labute approximate surface area is 191 Å². The van der Waals surface area contributed by atoms with E-state index in [2.05, 4.69) is 10.4 Å². The molecule has 0 amide bonds. The summed E-state index contributed by atoms with van der Waals surface area (Å²) in [7, 11) is 1.51. The van der Waals surface area contributed by atoms with Gasteiger partial charge in [-0.2, -0.15) is 5.11 Å². The van der Waals surface area contributed by atoms with Crippen LogP contribution in [0.2, 0.25) is 0 Å². The first-order valence-corrected chi connectivity index (χ1v) is 10.6. The van der Waals surface area contributed by atoms with Crippen molar-refractivity contribution in [3.8, 4) is 5.75 Å². The van der Waals surface area contributed by atoms with E-state index in [1.54, 1.807) is 24.3 Å². The van der Waals surface area contributed by atoms with Crippen molar-refractivity contribution in [3.05, 3.63) is 65.6 Å². The number of hydrogen-bond donors (Lipinski definition) is 5. The van der Waals surface area contributed by atoms with Gasteiger partial charge in [-0.1, -0.05) is 17.8 Å². The van der Waals surface area contributed by atoms with Crippen LogP contribution in [0.1, 0.15) is 5.56 Å². The van der Waals surface area contributed by atoms with Crippen LogP contribution in [0.15, 0.2) is 52.6 Å². The average molecular weight is 485 g/mol. The van der Waals surface area contributed by atoms with Crippen molar-refractivity contribution in [1.82, 2.24) is 5.32 Å². The summed E-state index contributed by atoms with van der Waals surface area (Å²) in [5.41, 5.74) is 5.86. The number of methoxy groups -OCH3 is 1. The molecule has 1 aliphatic rings. The number of halogens is 3. The molecule has 0 radical (unpaired) electrons. The van der Waals surface area contributed by atoms with Gasteiger partial charge in [0.15, 0.2) is 17.5 Å². The van der Waals surface area contributed by atoms with Gasteiger partial charge >= 0.3 is 0 Å². The van der Waals surface area contributed by atoms with E-state index in [4.69, 9.17) is 15.0 Å². The monoisotopic (exact) mass is 485 g/mol. The molecule has 0 saturated carbocycles. The van der Waals surface area contributed by atoms with Gasteiger partial charge in [-0.15, -0.1) is 0 Å². The second-order valence-corrected chi connectivity index (χ2v) is 8.26. The third kappa shape index (κ3) is 5.65. The van der Waals surface area contributed by atoms with Crippen LogP contribution in [0.5, 0.6) is 5.75 Å². The van der Waals surface area contributed by atoms with Crippen LogP contribution in [0.3, 0.4) is 0 Å². The Morgan fingerprint density at radius 2 is 1.91 bits per heavy atom. The smallest absolute Gasteiger partial charge is 0.194 e. The minimum atomic E-state index is -1.66. The molecule has 1 heterocycles. The Hall–Kier alpha value is -2.64. The van der Waals surface area contributed by atoms with Crippen molar-refractivity contribution < 1.29 is 38.0 Å². The fourth-order valence-electron chi connectivity index (χ4n) is 3.25. The van der Waals surface area contributed by atoms with Crippen LogP contribution in [-0.4, -0.2) is 58.8 Å². The summed E-state index contributed by atoms with van der Waals surface area (Å²) in [5, 5.41) is 36.8. The summed E-state index contributed by atoms with van der Waals surface area (Å²) in [5.74, 6) is -3.99. The maximum absolute atomic E-state index is 13.6. The minimum absolute atomic E-state index is 0.231. The van der Waals surface area contributed by atoms with Crippen LogP contribution in [0.4, 0.5) is 13.2 Å². The number of ether oxygens (including phenoxy) is 2. The number of aliphatic hydroxyl groups is 3. The van der Waals surface area contributed by atoms with Crippen LogP contribution in [-0.2, 0) is 4.74 Å². The topological polar surface area (TPSA) is 127 Å². The van der Waals surface area contributed by atoms with Gasteiger partial charge in [0.1, 0.15) is 35.2 Å². The molecule has 5 N–H and O–H groups in total. The van der Waals surface area contributed by atoms with E-state index in [-0.39, 0.29) is 11.3 Å². The molecule has 5 atom stereocenters. The lowest BCUT2D eigenvalue weighted by molar-refractivity contribution is -0.164. The third-order valence-corrected chi connectivity index (χ3v) is 6.14. The lowest BCUT2D eigenvalue weighted by Crippen LogP contribution is -2.61. The van der Waals surface area contributed by atoms with Gasteiger partial charge < -0.3 is 30.1 Å². The lowest BCUT2D eigenvalue weighted by Gasteiger charge is -2.42. The molecular weight excluding hydrogens is 463 g/mol. The molecule has 0 bridgehead atoms. The van der Waals surface area contributed by atoms with Crippen molar-refractivity contribution in [1.29, 1.82) is 5.53 Å². The quantitative estimate of drug-likeness (QED) is 0.287. The zero-order chi connectivity index (χ0) is 24.1. The second-order valence-electron chi connectivity index (χ2n) is 7.09. The predicted molar refractivity (Wildman–Crippen MR) is 113 cm³/mol. The summed E-state index contributed by atoms with van der Waals surface area (Å²) < 4.78 is 51.2. The third-order valence-electron chi connectivity index (χ3n) is 4.99. The molecule has 2 unspecified atom stereocenters. The van der Waals surface area contributed by atoms with Crippen molar-refractivity contribution in [2.75, 3.05) is 13.7 Å². The van der Waals surface area contributed by atoms with Crippen molar-refractivity contribution in [2.45, 2.75) is 34.7 Å². The summed E-state index contributed by atoms with van der Waals surface area (Å²) >= 11 is 1.13. The highest BCUT2D eigenvalue weighted by atomic mass is 32.2. The van der Waals surface area contributed by atoms with Gasteiger partial charge in [0.05, 0.1) is 19.8 Å². The number of benzene rings is 2. The van der Waals surface area contributed by atoms with E-state index in [0.717, 1.165) is 18.0 Å². The van der Waals surface area contributed by atoms with E-state index in [1.165, 1.54) is 7.11 Å². The van der Waals surface area contributed by atoms with Gasteiger partial charge in [-0.3, -0.25) is 0 Å². The fraction of sp³-hybridized carbons (Fsp3) is 0.333. The van der Waals surface area contributed by atoms with E-state index in [1.807, 2.05) is 0 Å². The molecule has 0 aliphatic carbocycles. The highest BCUT2D eigenvalue weighted by Gasteiger charge is 2.44. The Balaban J connectivity index is 1.84. The van der Waals surface area contributed by atoms with Gasteiger partial charge in [0, 0.05) is 16.7 Å². The highest BCUT2D eigenvalue weighted by Crippen LogP contribution is 2.35. The van der Waals surface area contributed by atoms with E-state index < -0.39 is 53.8 Å². The Morgan fingerprint density at radius 1 is 1.21 bits per heavy atom. The Kier molecular flexibility index (Phi) is 8.32. The van der Waals surface area contributed by atoms with Gasteiger partial charge in [-0.25, -0.2) is 18.7 Å². The molecule has 33 heavy (non-hydrogen) atoms. The molecule has 12 heteroatoms. The summed E-state index contributed by atoms with van der Waals surface area (Å²) in [6, 6.07) is 7.19. The molecular formula is C21H22F3N3O5S. The molecule has 2 aromatic rings. The normalized spacial score (nSPS) is 25.5. The molecule has 1 saturated heterocycles. The predicted octanol–water partition coefficient (Wildman–Crippen LogP) is 2.63. The van der Waals surface area contributed by atoms with Crippen LogP contribution in [0.25, 0.3) is 5.70 Å². The average Bonchev–Trinajstić information content (AvgIpc) is 2.81. The summed E-state index contributed by atoms with van der Waals surface area (Å²) in [4.78, 5) is 0.694. The highest BCUT2D eigenvalue weighted by molar-refractivity contribution is 7.99. The number of nitrogens with zero attached hydrogens (tertiary/aromatic N) is 1. The van der Waals surface area contributed by atoms with Crippen LogP contribution >= 0.6 is 11.8 Å². The number of hydrogen-bond acceptors (Lipinski definition) is 9. The standard InChI is InChI=1S/C21H22F3N3O5S/c1-31-11-3-2-4-12(7-11)33-21-20(30)18(19(29)16(9-28)32-21)26-8-15(27-25)10-5-13(22)17(24)14(23)6-10/h2-8,16,18-21,25-26,28-30H,9H2,1H3/b15-8-,27-25?/t16?,18?,19-,20+,21+/m0/s1. The first kappa shape index (κ1) is 25.0. The Morgan fingerprint density at radius 3 is 2.52 bits per heavy atom. The fourth-order valence-corrected chi connectivity index (χ4v) is 4.37. The zero-order valence-electron chi connectivity index (χ0n) is 17.3. The maximum Gasteiger partial charge on any atom is 0.194 e. The van der Waals surface area contributed by atoms with Gasteiger partial charge in [0.2, 0.25) is 0 Å². The second kappa shape index (κ2) is 11.0. The van der Waals surface area contributed by atoms with E-state index in [9.17, 15) is 28.5 Å². The van der Waals surface area contributed by atoms with Gasteiger partial charge in [-0.05, 0) is 30.3 Å². The zero-order valence-corrected chi connectivity index (χ0v) is 18.1. The first-order valence-electron chi connectivity index (χ1n) is 9.70. The summed E-state index contributed by atoms with van der Waals surface area (Å²) in [6.45, 7) is -0.547. The largest absolute Gasteiger partial charge is 0.497 e. The van der Waals surface area contributed by atoms with Crippen molar-refractivity contribution >= 4 is 17.5 Å². The summed E-state index contributed by atoms with van der Waals surface area (Å²) in [6.07, 6.45) is -2.69. The number of nitrogens with one attached hydrogen (secondary N) is 2. The van der Waals surface area contributed by atoms with E-state index >= 15 is 0 Å². The molecule has 1 aliphatic heterocycles. The van der Waals surface area contributed by atoms with Gasteiger partial charge in [0.25, 0.3) is 0 Å². The maximum atomic E-state index is 13.6. The number of aliphatic hydroxyl groups excluding tert-OH is 3. The minimum Gasteiger partial charge on any atom is -0.497 e. The molecule has 1 fully saturated rings. The first-order chi connectivity index (χ1) is 15.8. The van der Waals surface area contributed by atoms with E-state index in [0.29, 0.717) is 22.8 Å². The Bertz CT molecular complexity index is 1010. The molecule has 0 aromatic heterocycles. The SMILES string of the molecule is COc1cccc(S[C@H]2OC(CO)[C@H](O)C(N/C=C(\N=N)c3cc(F)c(F)c(F)c3)[C@H]2O)c1. The molecule has 8 nitrogen and oxygen atoms in total.